The largest absolute Gasteiger partial charge is 0.377 e. The molecule has 3 N–H and O–H groups in total. The van der Waals surface area contributed by atoms with Gasteiger partial charge in [-0.05, 0) is 70.6 Å². The monoisotopic (exact) mass is 427 g/mol. The molecule has 4 rings (SSSR count). The smallest absolute Gasteiger partial charge is 0.223 e. The van der Waals surface area contributed by atoms with Gasteiger partial charge in [-0.1, -0.05) is 12.8 Å². The van der Waals surface area contributed by atoms with Crippen LogP contribution in [0.25, 0.3) is 0 Å². The van der Waals surface area contributed by atoms with Crippen molar-refractivity contribution in [1.29, 1.82) is 0 Å². The van der Waals surface area contributed by atoms with Crippen molar-refractivity contribution in [3.05, 3.63) is 0 Å². The van der Waals surface area contributed by atoms with E-state index < -0.39 is 0 Å². The third-order valence-electron chi connectivity index (χ3n) is 7.50. The number of hydroxylamine groups is 1. The summed E-state index contributed by atoms with van der Waals surface area (Å²) in [6, 6.07) is 0.798. The third kappa shape index (κ3) is 5.45. The average molecular weight is 428 g/mol. The van der Waals surface area contributed by atoms with E-state index in [1.807, 2.05) is 6.92 Å². The Labute approximate surface area is 180 Å². The second-order valence-electron chi connectivity index (χ2n) is 9.45. The van der Waals surface area contributed by atoms with E-state index >= 15 is 0 Å². The number of amides is 1. The lowest BCUT2D eigenvalue weighted by molar-refractivity contribution is -0.133. The molecule has 0 spiro atoms. The third-order valence-corrected chi connectivity index (χ3v) is 7.96. The van der Waals surface area contributed by atoms with Gasteiger partial charge in [0.25, 0.3) is 0 Å². The van der Waals surface area contributed by atoms with Gasteiger partial charge in [-0.25, -0.2) is 0 Å². The number of hydrogen-bond donors (Lipinski definition) is 3. The zero-order valence-electron chi connectivity index (χ0n) is 17.7. The number of carbonyl (C=O) groups excluding carboxylic acids is 1. The van der Waals surface area contributed by atoms with Gasteiger partial charge in [-0.2, -0.15) is 5.48 Å². The molecule has 0 radical (unpaired) electrons. The zero-order chi connectivity index (χ0) is 20.2. The molecular weight excluding hydrogens is 390 g/mol. The van der Waals surface area contributed by atoms with E-state index in [2.05, 4.69) is 16.1 Å². The number of ether oxygens (including phenoxy) is 1. The number of alkyl halides is 1. The Morgan fingerprint density at radius 1 is 1.10 bits per heavy atom. The highest BCUT2D eigenvalue weighted by Crippen LogP contribution is 2.33. The highest BCUT2D eigenvalue weighted by molar-refractivity contribution is 6.21. The normalized spacial score (nSPS) is 43.4. The van der Waals surface area contributed by atoms with Crippen molar-refractivity contribution in [2.24, 2.45) is 11.8 Å². The minimum absolute atomic E-state index is 0.0326. The lowest BCUT2D eigenvalue weighted by atomic mass is 9.82. The van der Waals surface area contributed by atoms with Crippen LogP contribution in [0.2, 0.25) is 0 Å². The molecule has 3 saturated carbocycles. The van der Waals surface area contributed by atoms with E-state index in [1.54, 1.807) is 0 Å². The van der Waals surface area contributed by atoms with E-state index in [0.29, 0.717) is 30.7 Å². The molecule has 1 amide bonds. The number of carbonyl (C=O) groups is 1. The predicted molar refractivity (Wildman–Crippen MR) is 113 cm³/mol. The molecule has 6 atom stereocenters. The SMILES string of the molecule is CCOC1CCC(C(=O)NC2CCC(C3NOC4CCCCC4N3)CC2)CC1Cl. The minimum Gasteiger partial charge on any atom is -0.377 e. The molecule has 1 aliphatic heterocycles. The Morgan fingerprint density at radius 3 is 2.66 bits per heavy atom. The van der Waals surface area contributed by atoms with Gasteiger partial charge in [0.1, 0.15) is 0 Å². The summed E-state index contributed by atoms with van der Waals surface area (Å²) in [6.07, 6.45) is 12.5. The molecule has 4 fully saturated rings. The molecular formula is C22H38ClN3O3. The van der Waals surface area contributed by atoms with E-state index in [1.165, 1.54) is 19.3 Å². The lowest BCUT2D eigenvalue weighted by Gasteiger charge is -2.44. The van der Waals surface area contributed by atoms with Gasteiger partial charge in [-0.15, -0.1) is 11.6 Å². The molecule has 166 valence electrons. The van der Waals surface area contributed by atoms with Gasteiger partial charge in [0, 0.05) is 24.6 Å². The molecule has 7 heteroatoms. The van der Waals surface area contributed by atoms with Crippen molar-refractivity contribution in [3.8, 4) is 0 Å². The Morgan fingerprint density at radius 2 is 1.90 bits per heavy atom. The maximum Gasteiger partial charge on any atom is 0.223 e. The molecule has 29 heavy (non-hydrogen) atoms. The van der Waals surface area contributed by atoms with Crippen LogP contribution in [-0.4, -0.2) is 48.3 Å². The van der Waals surface area contributed by atoms with Crippen LogP contribution in [0, 0.1) is 11.8 Å². The van der Waals surface area contributed by atoms with Gasteiger partial charge >= 0.3 is 0 Å². The zero-order valence-corrected chi connectivity index (χ0v) is 18.5. The lowest BCUT2D eigenvalue weighted by Crippen LogP contribution is -2.63. The van der Waals surface area contributed by atoms with Crippen molar-refractivity contribution >= 4 is 17.5 Å². The summed E-state index contributed by atoms with van der Waals surface area (Å²) >= 11 is 6.47. The summed E-state index contributed by atoms with van der Waals surface area (Å²) in [6.45, 7) is 2.68. The van der Waals surface area contributed by atoms with Crippen LogP contribution in [0.5, 0.6) is 0 Å². The molecule has 6 nitrogen and oxygen atoms in total. The van der Waals surface area contributed by atoms with E-state index in [0.717, 1.165) is 51.4 Å². The summed E-state index contributed by atoms with van der Waals surface area (Å²) in [5, 5.41) is 7.06. The van der Waals surface area contributed by atoms with Gasteiger partial charge in [-0.3, -0.25) is 14.9 Å². The first-order valence-corrected chi connectivity index (χ1v) is 12.3. The van der Waals surface area contributed by atoms with Crippen molar-refractivity contribution in [2.75, 3.05) is 6.61 Å². The van der Waals surface area contributed by atoms with Crippen LogP contribution in [0.1, 0.15) is 77.6 Å². The Bertz CT molecular complexity index is 543. The molecule has 0 bridgehead atoms. The Hall–Kier alpha value is -0.400. The number of nitrogens with one attached hydrogen (secondary N) is 3. The van der Waals surface area contributed by atoms with Crippen LogP contribution in [-0.2, 0) is 14.4 Å². The Balaban J connectivity index is 1.19. The quantitative estimate of drug-likeness (QED) is 0.587. The molecule has 4 aliphatic rings. The molecule has 1 heterocycles. The number of hydrogen-bond acceptors (Lipinski definition) is 5. The van der Waals surface area contributed by atoms with Crippen molar-refractivity contribution in [2.45, 2.75) is 113 Å². The van der Waals surface area contributed by atoms with Crippen LogP contribution < -0.4 is 16.1 Å². The maximum absolute atomic E-state index is 12.8. The van der Waals surface area contributed by atoms with Crippen LogP contribution in [0.4, 0.5) is 0 Å². The molecule has 0 aromatic rings. The van der Waals surface area contributed by atoms with Gasteiger partial charge < -0.3 is 10.1 Å². The summed E-state index contributed by atoms with van der Waals surface area (Å²) < 4.78 is 5.69. The summed E-state index contributed by atoms with van der Waals surface area (Å²) in [5.41, 5.74) is 3.29. The van der Waals surface area contributed by atoms with Gasteiger partial charge in [0.15, 0.2) is 0 Å². The first-order valence-electron chi connectivity index (χ1n) is 11.9. The Kier molecular flexibility index (Phi) is 7.73. The topological polar surface area (TPSA) is 71.6 Å². The highest BCUT2D eigenvalue weighted by Gasteiger charge is 2.38. The van der Waals surface area contributed by atoms with Crippen molar-refractivity contribution < 1.29 is 14.4 Å². The fraction of sp³-hybridized carbons (Fsp3) is 0.955. The van der Waals surface area contributed by atoms with Crippen molar-refractivity contribution in [1.82, 2.24) is 16.1 Å². The van der Waals surface area contributed by atoms with Crippen molar-refractivity contribution in [3.63, 3.8) is 0 Å². The summed E-state index contributed by atoms with van der Waals surface area (Å²) in [4.78, 5) is 18.7. The summed E-state index contributed by atoms with van der Waals surface area (Å²) in [5.74, 6) is 0.793. The van der Waals surface area contributed by atoms with Gasteiger partial charge in [0.05, 0.1) is 23.8 Å². The highest BCUT2D eigenvalue weighted by atomic mass is 35.5. The molecule has 1 saturated heterocycles. The summed E-state index contributed by atoms with van der Waals surface area (Å²) in [7, 11) is 0. The second kappa shape index (κ2) is 10.3. The van der Waals surface area contributed by atoms with Crippen LogP contribution in [0.3, 0.4) is 0 Å². The first-order chi connectivity index (χ1) is 14.1. The van der Waals surface area contributed by atoms with Gasteiger partial charge in [0.2, 0.25) is 5.91 Å². The average Bonchev–Trinajstić information content (AvgIpc) is 2.75. The van der Waals surface area contributed by atoms with E-state index in [-0.39, 0.29) is 29.5 Å². The fourth-order valence-corrected chi connectivity index (χ4v) is 6.14. The van der Waals surface area contributed by atoms with Crippen LogP contribution in [0.15, 0.2) is 0 Å². The standard InChI is InChI=1S/C22H38ClN3O3/c1-2-28-19-12-9-15(13-17(19)23)22(27)24-16-10-7-14(8-11-16)21-25-18-5-3-4-6-20(18)29-26-21/h14-21,25-26H,2-13H2,1H3,(H,24,27). The fourth-order valence-electron chi connectivity index (χ4n) is 5.73. The predicted octanol–water partition coefficient (Wildman–Crippen LogP) is 3.24. The molecule has 3 aliphatic carbocycles. The molecule has 0 aromatic heterocycles. The first kappa shape index (κ1) is 21.8. The number of halogens is 1. The number of rotatable bonds is 5. The van der Waals surface area contributed by atoms with E-state index in [4.69, 9.17) is 21.2 Å². The second-order valence-corrected chi connectivity index (χ2v) is 10.0. The number of fused-ring (bicyclic) bond motifs is 1. The molecule has 0 aromatic carbocycles. The maximum atomic E-state index is 12.8. The molecule has 6 unspecified atom stereocenters. The van der Waals surface area contributed by atoms with E-state index in [9.17, 15) is 4.79 Å². The van der Waals surface area contributed by atoms with Crippen LogP contribution >= 0.6 is 11.6 Å². The minimum atomic E-state index is -0.0535.